The van der Waals surface area contributed by atoms with E-state index < -0.39 is 5.97 Å². The largest absolute Gasteiger partial charge is 0.478 e. The average Bonchev–Trinajstić information content (AvgIpc) is 2.54. The molecule has 1 saturated carbocycles. The molecule has 1 aliphatic rings. The predicted octanol–water partition coefficient (Wildman–Crippen LogP) is 4.17. The van der Waals surface area contributed by atoms with Gasteiger partial charge in [-0.25, -0.2) is 4.79 Å². The number of anilines is 1. The summed E-state index contributed by atoms with van der Waals surface area (Å²) in [6, 6.07) is 0.312. The SMILES string of the molecule is Cc1nsc(NC2CC(C)(C)CC(C)(C)C2)c1C(=O)O. The molecule has 1 fully saturated rings. The van der Waals surface area contributed by atoms with Gasteiger partial charge in [0.15, 0.2) is 0 Å². The third kappa shape index (κ3) is 3.32. The molecule has 0 aliphatic heterocycles. The topological polar surface area (TPSA) is 62.2 Å². The first kappa shape index (κ1) is 15.3. The van der Waals surface area contributed by atoms with Crippen LogP contribution in [0.2, 0.25) is 0 Å². The first-order valence-corrected chi connectivity index (χ1v) is 7.83. The predicted molar refractivity (Wildman–Crippen MR) is 82.6 cm³/mol. The van der Waals surface area contributed by atoms with Crippen LogP contribution < -0.4 is 5.32 Å². The zero-order valence-electron chi connectivity index (χ0n) is 12.9. The summed E-state index contributed by atoms with van der Waals surface area (Å²) in [5.74, 6) is -0.895. The Hall–Kier alpha value is -1.10. The van der Waals surface area contributed by atoms with Crippen molar-refractivity contribution in [3.8, 4) is 0 Å². The molecule has 0 radical (unpaired) electrons. The van der Waals surface area contributed by atoms with Gasteiger partial charge in [0.2, 0.25) is 0 Å². The summed E-state index contributed by atoms with van der Waals surface area (Å²) in [7, 11) is 0. The molecule has 0 spiro atoms. The number of hydrogen-bond donors (Lipinski definition) is 2. The molecular formula is C15H24N2O2S. The lowest BCUT2D eigenvalue weighted by Gasteiger charge is -2.45. The smallest absolute Gasteiger partial charge is 0.340 e. The second-order valence-corrected chi connectivity index (χ2v) is 8.31. The molecule has 1 aliphatic carbocycles. The van der Waals surface area contributed by atoms with E-state index in [1.165, 1.54) is 18.0 Å². The molecule has 0 aromatic carbocycles. The first-order valence-electron chi connectivity index (χ1n) is 7.06. The molecule has 0 amide bonds. The van der Waals surface area contributed by atoms with Crippen molar-refractivity contribution >= 4 is 22.5 Å². The van der Waals surface area contributed by atoms with Gasteiger partial charge in [-0.1, -0.05) is 27.7 Å². The molecule has 0 unspecified atom stereocenters. The van der Waals surface area contributed by atoms with Gasteiger partial charge in [0.1, 0.15) is 10.6 Å². The van der Waals surface area contributed by atoms with Crippen LogP contribution in [0.1, 0.15) is 63.0 Å². The maximum absolute atomic E-state index is 11.3. The minimum Gasteiger partial charge on any atom is -0.478 e. The lowest BCUT2D eigenvalue weighted by molar-refractivity contribution is 0.0697. The van der Waals surface area contributed by atoms with Gasteiger partial charge in [-0.3, -0.25) is 0 Å². The lowest BCUT2D eigenvalue weighted by atomic mass is 9.63. The van der Waals surface area contributed by atoms with Gasteiger partial charge in [0.25, 0.3) is 0 Å². The van der Waals surface area contributed by atoms with Crippen LogP contribution >= 0.6 is 11.5 Å². The number of rotatable bonds is 3. The zero-order valence-corrected chi connectivity index (χ0v) is 13.7. The summed E-state index contributed by atoms with van der Waals surface area (Å²) in [6.45, 7) is 10.9. The second-order valence-electron chi connectivity index (χ2n) is 7.53. The highest BCUT2D eigenvalue weighted by Gasteiger charge is 2.38. The van der Waals surface area contributed by atoms with E-state index in [-0.39, 0.29) is 10.8 Å². The summed E-state index contributed by atoms with van der Waals surface area (Å²) in [6.07, 6.45) is 3.32. The highest BCUT2D eigenvalue weighted by molar-refractivity contribution is 7.10. The van der Waals surface area contributed by atoms with Crippen LogP contribution in [0.5, 0.6) is 0 Å². The third-order valence-corrected chi connectivity index (χ3v) is 4.84. The Morgan fingerprint density at radius 1 is 1.30 bits per heavy atom. The summed E-state index contributed by atoms with van der Waals surface area (Å²) in [5, 5.41) is 13.4. The fourth-order valence-corrected chi connectivity index (χ4v) is 4.72. The van der Waals surface area contributed by atoms with Crippen molar-refractivity contribution < 1.29 is 9.90 Å². The number of hydrogen-bond acceptors (Lipinski definition) is 4. The Bertz CT molecular complexity index is 504. The number of carbonyl (C=O) groups is 1. The minimum absolute atomic E-state index is 0.280. The average molecular weight is 296 g/mol. The first-order chi connectivity index (χ1) is 9.10. The van der Waals surface area contributed by atoms with Crippen molar-refractivity contribution in [2.45, 2.75) is 59.9 Å². The van der Waals surface area contributed by atoms with Gasteiger partial charge < -0.3 is 10.4 Å². The van der Waals surface area contributed by atoms with E-state index in [1.54, 1.807) is 6.92 Å². The van der Waals surface area contributed by atoms with Gasteiger partial charge in [-0.05, 0) is 48.5 Å². The molecule has 5 heteroatoms. The maximum Gasteiger partial charge on any atom is 0.340 e. The highest BCUT2D eigenvalue weighted by Crippen LogP contribution is 2.46. The molecule has 20 heavy (non-hydrogen) atoms. The molecule has 2 rings (SSSR count). The van der Waals surface area contributed by atoms with E-state index in [0.29, 0.717) is 22.3 Å². The Balaban J connectivity index is 2.20. The van der Waals surface area contributed by atoms with Gasteiger partial charge in [0, 0.05) is 6.04 Å². The fourth-order valence-electron chi connectivity index (χ4n) is 3.85. The molecule has 0 saturated heterocycles. The van der Waals surface area contributed by atoms with Crippen molar-refractivity contribution in [3.05, 3.63) is 11.3 Å². The molecule has 0 bridgehead atoms. The number of nitrogens with zero attached hydrogens (tertiary/aromatic N) is 1. The number of carboxylic acid groups (broad SMARTS) is 1. The third-order valence-electron chi connectivity index (χ3n) is 3.97. The lowest BCUT2D eigenvalue weighted by Crippen LogP contribution is -2.40. The summed E-state index contributed by atoms with van der Waals surface area (Å²) >= 11 is 1.26. The van der Waals surface area contributed by atoms with Gasteiger partial charge >= 0.3 is 5.97 Å². The number of nitrogens with one attached hydrogen (secondary N) is 1. The Morgan fingerprint density at radius 3 is 2.35 bits per heavy atom. The van der Waals surface area contributed by atoms with Crippen LogP contribution in [0.25, 0.3) is 0 Å². The summed E-state index contributed by atoms with van der Waals surface area (Å²) in [5.41, 5.74) is 1.49. The number of carboxylic acids is 1. The van der Waals surface area contributed by atoms with Crippen molar-refractivity contribution in [2.75, 3.05) is 5.32 Å². The van der Waals surface area contributed by atoms with Crippen LogP contribution in [0.15, 0.2) is 0 Å². The van der Waals surface area contributed by atoms with E-state index in [4.69, 9.17) is 0 Å². The minimum atomic E-state index is -0.895. The molecule has 112 valence electrons. The molecular weight excluding hydrogens is 272 g/mol. The summed E-state index contributed by atoms with van der Waals surface area (Å²) < 4.78 is 4.17. The molecule has 1 aromatic rings. The van der Waals surface area contributed by atoms with Crippen molar-refractivity contribution in [1.82, 2.24) is 4.37 Å². The van der Waals surface area contributed by atoms with Gasteiger partial charge in [-0.2, -0.15) is 4.37 Å². The van der Waals surface area contributed by atoms with Gasteiger partial charge in [0.05, 0.1) is 5.69 Å². The Labute approximate surface area is 124 Å². The van der Waals surface area contributed by atoms with Crippen LogP contribution in [-0.2, 0) is 0 Å². The number of aromatic nitrogens is 1. The number of aryl methyl sites for hydroxylation is 1. The molecule has 1 heterocycles. The van der Waals surface area contributed by atoms with Crippen LogP contribution in [0, 0.1) is 17.8 Å². The van der Waals surface area contributed by atoms with Crippen LogP contribution in [-0.4, -0.2) is 21.5 Å². The van der Waals surface area contributed by atoms with Crippen LogP contribution in [0.4, 0.5) is 5.00 Å². The second kappa shape index (κ2) is 5.02. The van der Waals surface area contributed by atoms with Gasteiger partial charge in [-0.15, -0.1) is 0 Å². The maximum atomic E-state index is 11.3. The Morgan fingerprint density at radius 2 is 1.85 bits per heavy atom. The standard InChI is InChI=1S/C15H24N2O2S/c1-9-11(13(18)19)12(20-17-9)16-10-6-14(2,3)8-15(4,5)7-10/h10,16H,6-8H2,1-5H3,(H,18,19). The normalized spacial score (nSPS) is 21.6. The van der Waals surface area contributed by atoms with E-state index >= 15 is 0 Å². The quantitative estimate of drug-likeness (QED) is 0.879. The van der Waals surface area contributed by atoms with Crippen molar-refractivity contribution in [1.29, 1.82) is 0 Å². The van der Waals surface area contributed by atoms with E-state index in [2.05, 4.69) is 37.4 Å². The molecule has 4 nitrogen and oxygen atoms in total. The number of aromatic carboxylic acids is 1. The van der Waals surface area contributed by atoms with E-state index in [0.717, 1.165) is 12.8 Å². The van der Waals surface area contributed by atoms with Crippen molar-refractivity contribution in [2.24, 2.45) is 10.8 Å². The molecule has 1 aromatic heterocycles. The highest BCUT2D eigenvalue weighted by atomic mass is 32.1. The van der Waals surface area contributed by atoms with E-state index in [9.17, 15) is 9.90 Å². The van der Waals surface area contributed by atoms with Crippen molar-refractivity contribution in [3.63, 3.8) is 0 Å². The monoisotopic (exact) mass is 296 g/mol. The summed E-state index contributed by atoms with van der Waals surface area (Å²) in [4.78, 5) is 11.3. The molecule has 0 atom stereocenters. The fraction of sp³-hybridized carbons (Fsp3) is 0.733. The molecule has 2 N–H and O–H groups in total. The zero-order chi connectivity index (χ0) is 15.1. The van der Waals surface area contributed by atoms with E-state index in [1.807, 2.05) is 0 Å². The van der Waals surface area contributed by atoms with Crippen LogP contribution in [0.3, 0.4) is 0 Å². The Kier molecular flexibility index (Phi) is 3.84.